The number of hydrogen-bond acceptors (Lipinski definition) is 2. The van der Waals surface area contributed by atoms with Crippen molar-refractivity contribution in [2.45, 2.75) is 110 Å². The summed E-state index contributed by atoms with van der Waals surface area (Å²) in [6.45, 7) is 7.32. The van der Waals surface area contributed by atoms with Crippen molar-refractivity contribution in [1.82, 2.24) is 0 Å². The van der Waals surface area contributed by atoms with E-state index in [-0.39, 0.29) is 0 Å². The fraction of sp³-hybridized carbons (Fsp3) is 1.00. The summed E-state index contributed by atoms with van der Waals surface area (Å²) >= 11 is 0. The molecule has 0 saturated heterocycles. The molecule has 0 fully saturated rings. The highest BCUT2D eigenvalue weighted by molar-refractivity contribution is 4.56. The molecule has 122 valence electrons. The third kappa shape index (κ3) is 14.3. The van der Waals surface area contributed by atoms with Gasteiger partial charge in [0.1, 0.15) is 0 Å². The molecule has 0 bridgehead atoms. The Labute approximate surface area is 127 Å². The first-order valence-corrected chi connectivity index (χ1v) is 9.13. The lowest BCUT2D eigenvalue weighted by atomic mass is 10.0. The van der Waals surface area contributed by atoms with Crippen LogP contribution in [-0.4, -0.2) is 12.7 Å². The van der Waals surface area contributed by atoms with Crippen molar-refractivity contribution in [3.63, 3.8) is 0 Å². The van der Waals surface area contributed by atoms with Crippen molar-refractivity contribution in [2.75, 3.05) is 6.61 Å². The summed E-state index contributed by atoms with van der Waals surface area (Å²) in [7, 11) is 0. The van der Waals surface area contributed by atoms with Gasteiger partial charge in [0.05, 0.1) is 12.7 Å². The molecule has 20 heavy (non-hydrogen) atoms. The van der Waals surface area contributed by atoms with Gasteiger partial charge >= 0.3 is 0 Å². The second-order valence-corrected chi connectivity index (χ2v) is 5.95. The lowest BCUT2D eigenvalue weighted by Gasteiger charge is -2.15. The van der Waals surface area contributed by atoms with Gasteiger partial charge in [-0.1, -0.05) is 85.0 Å². The van der Waals surface area contributed by atoms with Crippen LogP contribution in [0.3, 0.4) is 0 Å². The molecule has 0 saturated carbocycles. The molecule has 0 aromatic rings. The summed E-state index contributed by atoms with van der Waals surface area (Å²) in [5, 5.41) is 0. The summed E-state index contributed by atoms with van der Waals surface area (Å²) in [6, 6.07) is 0. The molecule has 2 heteroatoms. The van der Waals surface area contributed by atoms with E-state index in [0.29, 0.717) is 6.10 Å². The summed E-state index contributed by atoms with van der Waals surface area (Å²) in [4.78, 5) is 10.7. The predicted molar refractivity (Wildman–Crippen MR) is 87.9 cm³/mol. The van der Waals surface area contributed by atoms with Crippen LogP contribution in [0.1, 0.15) is 104 Å². The van der Waals surface area contributed by atoms with Gasteiger partial charge in [0, 0.05) is 0 Å². The minimum Gasteiger partial charge on any atom is -0.236 e. The third-order valence-electron chi connectivity index (χ3n) is 3.73. The molecule has 0 heterocycles. The van der Waals surface area contributed by atoms with Gasteiger partial charge < -0.3 is 0 Å². The average Bonchev–Trinajstić information content (AvgIpc) is 2.45. The minimum absolute atomic E-state index is 0.316. The smallest absolute Gasteiger partial charge is 0.0929 e. The van der Waals surface area contributed by atoms with Gasteiger partial charge in [0.15, 0.2) is 0 Å². The van der Waals surface area contributed by atoms with Crippen molar-refractivity contribution >= 4 is 0 Å². The van der Waals surface area contributed by atoms with E-state index in [9.17, 15) is 0 Å². The Morgan fingerprint density at radius 2 is 1.20 bits per heavy atom. The van der Waals surface area contributed by atoms with Crippen LogP contribution in [0.4, 0.5) is 0 Å². The van der Waals surface area contributed by atoms with E-state index < -0.39 is 0 Å². The molecule has 0 radical (unpaired) electrons. The van der Waals surface area contributed by atoms with Crippen molar-refractivity contribution in [1.29, 1.82) is 0 Å². The summed E-state index contributed by atoms with van der Waals surface area (Å²) in [5.41, 5.74) is 0. The van der Waals surface area contributed by atoms with Gasteiger partial charge in [-0.15, -0.1) is 0 Å². The highest BCUT2D eigenvalue weighted by Crippen LogP contribution is 2.15. The van der Waals surface area contributed by atoms with E-state index in [1.807, 2.05) is 0 Å². The van der Waals surface area contributed by atoms with Crippen LogP contribution in [0.5, 0.6) is 0 Å². The van der Waals surface area contributed by atoms with Crippen molar-refractivity contribution in [2.24, 2.45) is 0 Å². The molecule has 1 atom stereocenters. The zero-order valence-electron chi connectivity index (χ0n) is 14.3. The third-order valence-corrected chi connectivity index (χ3v) is 3.73. The normalized spacial score (nSPS) is 12.8. The van der Waals surface area contributed by atoms with Crippen LogP contribution >= 0.6 is 0 Å². The molecule has 2 nitrogen and oxygen atoms in total. The highest BCUT2D eigenvalue weighted by atomic mass is 17.2. The Hall–Kier alpha value is -0.0800. The number of unbranched alkanes of at least 4 members (excludes halogenated alkanes) is 8. The van der Waals surface area contributed by atoms with Crippen molar-refractivity contribution in [3.05, 3.63) is 0 Å². The first kappa shape index (κ1) is 19.9. The lowest BCUT2D eigenvalue weighted by molar-refractivity contribution is -0.326. The second-order valence-electron chi connectivity index (χ2n) is 5.95. The predicted octanol–water partition coefficient (Wildman–Crippen LogP) is 6.43. The maximum Gasteiger partial charge on any atom is 0.0929 e. The Kier molecular flexibility index (Phi) is 16.9. The van der Waals surface area contributed by atoms with Gasteiger partial charge in [0.2, 0.25) is 0 Å². The average molecular weight is 286 g/mol. The van der Waals surface area contributed by atoms with Gasteiger partial charge in [-0.3, -0.25) is 0 Å². The van der Waals surface area contributed by atoms with E-state index in [2.05, 4.69) is 20.8 Å². The van der Waals surface area contributed by atoms with Crippen molar-refractivity contribution in [3.8, 4) is 0 Å². The van der Waals surface area contributed by atoms with Crippen LogP contribution in [0, 0.1) is 0 Å². The molecule has 0 N–H and O–H groups in total. The van der Waals surface area contributed by atoms with Crippen LogP contribution in [-0.2, 0) is 9.78 Å². The number of hydrogen-bond donors (Lipinski definition) is 0. The van der Waals surface area contributed by atoms with Crippen molar-refractivity contribution < 1.29 is 9.78 Å². The minimum atomic E-state index is 0.316. The molecule has 0 spiro atoms. The van der Waals surface area contributed by atoms with Crippen LogP contribution in [0.25, 0.3) is 0 Å². The largest absolute Gasteiger partial charge is 0.236 e. The summed E-state index contributed by atoms with van der Waals surface area (Å²) < 4.78 is 0. The van der Waals surface area contributed by atoms with Gasteiger partial charge in [0.25, 0.3) is 0 Å². The molecule has 0 aliphatic heterocycles. The van der Waals surface area contributed by atoms with Gasteiger partial charge in [-0.2, -0.15) is 0 Å². The molecule has 0 rings (SSSR count). The Balaban J connectivity index is 3.34. The zero-order valence-corrected chi connectivity index (χ0v) is 14.3. The fourth-order valence-electron chi connectivity index (χ4n) is 2.47. The quantitative estimate of drug-likeness (QED) is 0.185. The lowest BCUT2D eigenvalue weighted by Crippen LogP contribution is -2.13. The van der Waals surface area contributed by atoms with E-state index in [0.717, 1.165) is 25.9 Å². The molecule has 0 aromatic carbocycles. The molecule has 0 aliphatic rings. The molecule has 0 aliphatic carbocycles. The maximum absolute atomic E-state index is 5.49. The Bertz CT molecular complexity index is 171. The Morgan fingerprint density at radius 1 is 0.600 bits per heavy atom. The Morgan fingerprint density at radius 3 is 1.75 bits per heavy atom. The standard InChI is InChI=1S/C18H38O2/c1-4-7-8-9-10-11-12-13-14-16-18(15-5-2)20-19-17-6-3/h18H,4-17H2,1-3H3. The molecular formula is C18H38O2. The summed E-state index contributed by atoms with van der Waals surface area (Å²) in [5.74, 6) is 0. The van der Waals surface area contributed by atoms with Crippen LogP contribution in [0.15, 0.2) is 0 Å². The fourth-order valence-corrected chi connectivity index (χ4v) is 2.47. The van der Waals surface area contributed by atoms with Gasteiger partial charge in [-0.05, 0) is 19.3 Å². The first-order valence-electron chi connectivity index (χ1n) is 9.13. The molecule has 1 unspecified atom stereocenters. The highest BCUT2D eigenvalue weighted by Gasteiger charge is 2.08. The maximum atomic E-state index is 5.49. The van der Waals surface area contributed by atoms with E-state index in [4.69, 9.17) is 9.78 Å². The van der Waals surface area contributed by atoms with Gasteiger partial charge in [-0.25, -0.2) is 9.78 Å². The van der Waals surface area contributed by atoms with E-state index >= 15 is 0 Å². The zero-order chi connectivity index (χ0) is 14.9. The van der Waals surface area contributed by atoms with Crippen LogP contribution in [0.2, 0.25) is 0 Å². The first-order chi connectivity index (χ1) is 9.85. The SMILES string of the molecule is CCCCCCCCCCCC(CCC)OOCCC. The number of rotatable bonds is 16. The van der Waals surface area contributed by atoms with E-state index in [1.54, 1.807) is 0 Å². The van der Waals surface area contributed by atoms with E-state index in [1.165, 1.54) is 64.2 Å². The topological polar surface area (TPSA) is 18.5 Å². The molecule has 0 amide bonds. The summed E-state index contributed by atoms with van der Waals surface area (Å²) in [6.07, 6.45) is 17.3. The molecule has 0 aromatic heterocycles. The van der Waals surface area contributed by atoms with Crippen LogP contribution < -0.4 is 0 Å². The monoisotopic (exact) mass is 286 g/mol. The second kappa shape index (κ2) is 17.0. The molecular weight excluding hydrogens is 248 g/mol.